The van der Waals surface area contributed by atoms with Gasteiger partial charge >= 0.3 is 0 Å². The van der Waals surface area contributed by atoms with Crippen LogP contribution >= 0.6 is 24.0 Å². The van der Waals surface area contributed by atoms with E-state index in [1.807, 2.05) is 19.2 Å². The Labute approximate surface area is 169 Å². The fourth-order valence-electron chi connectivity index (χ4n) is 2.92. The summed E-state index contributed by atoms with van der Waals surface area (Å²) in [7, 11) is 3.50. The maximum absolute atomic E-state index is 5.58. The van der Waals surface area contributed by atoms with Crippen molar-refractivity contribution in [1.29, 1.82) is 0 Å². The second-order valence-corrected chi connectivity index (χ2v) is 6.51. The largest absolute Gasteiger partial charge is 0.491 e. The first kappa shape index (κ1) is 22.0. The van der Waals surface area contributed by atoms with Gasteiger partial charge in [-0.15, -0.1) is 24.0 Å². The van der Waals surface area contributed by atoms with E-state index in [1.165, 1.54) is 31.2 Å². The number of guanidine groups is 1. The van der Waals surface area contributed by atoms with Gasteiger partial charge < -0.3 is 20.1 Å². The standard InChI is InChI=1S/C19H31N3O2.HI/c1-15-4-8-17(9-5-15)22-19(20-2)21-14-16-6-10-18(11-7-16)24-13-12-23-3;/h6-7,10-11,15,17H,4-5,8-9,12-14H2,1-3H3,(H2,20,21,22);1H. The third-order valence-corrected chi connectivity index (χ3v) is 4.52. The van der Waals surface area contributed by atoms with Gasteiger partial charge in [-0.25, -0.2) is 0 Å². The highest BCUT2D eigenvalue weighted by Gasteiger charge is 2.18. The highest BCUT2D eigenvalue weighted by atomic mass is 127. The molecule has 25 heavy (non-hydrogen) atoms. The van der Waals surface area contributed by atoms with Crippen LogP contribution in [0.1, 0.15) is 38.2 Å². The number of halogens is 1. The second-order valence-electron chi connectivity index (χ2n) is 6.51. The van der Waals surface area contributed by atoms with Gasteiger partial charge in [0.15, 0.2) is 5.96 Å². The minimum Gasteiger partial charge on any atom is -0.491 e. The molecule has 142 valence electrons. The highest BCUT2D eigenvalue weighted by molar-refractivity contribution is 14.0. The molecule has 0 saturated heterocycles. The van der Waals surface area contributed by atoms with Crippen molar-refractivity contribution in [3.8, 4) is 5.75 Å². The number of aliphatic imine (C=N–C) groups is 1. The summed E-state index contributed by atoms with van der Waals surface area (Å²) in [5.74, 6) is 2.62. The van der Waals surface area contributed by atoms with Crippen LogP contribution in [-0.2, 0) is 11.3 Å². The third-order valence-electron chi connectivity index (χ3n) is 4.52. The first-order chi connectivity index (χ1) is 11.7. The molecule has 1 aromatic carbocycles. The molecule has 2 N–H and O–H groups in total. The van der Waals surface area contributed by atoms with Crippen molar-refractivity contribution in [3.63, 3.8) is 0 Å². The van der Waals surface area contributed by atoms with Gasteiger partial charge in [0.1, 0.15) is 12.4 Å². The Balaban J connectivity index is 0.00000312. The Hall–Kier alpha value is -1.02. The Morgan fingerprint density at radius 3 is 2.40 bits per heavy atom. The molecule has 1 aromatic rings. The molecule has 1 fully saturated rings. The third kappa shape index (κ3) is 8.27. The zero-order valence-corrected chi connectivity index (χ0v) is 17.9. The maximum Gasteiger partial charge on any atom is 0.191 e. The number of benzene rings is 1. The average Bonchev–Trinajstić information content (AvgIpc) is 2.61. The molecule has 0 spiro atoms. The summed E-state index contributed by atoms with van der Waals surface area (Å²) >= 11 is 0. The SMILES string of the molecule is CN=C(NCc1ccc(OCCOC)cc1)NC1CCC(C)CC1.I. The first-order valence-electron chi connectivity index (χ1n) is 8.89. The number of hydrogen-bond donors (Lipinski definition) is 2. The molecule has 0 bridgehead atoms. The number of nitrogens with one attached hydrogen (secondary N) is 2. The fourth-order valence-corrected chi connectivity index (χ4v) is 2.92. The van der Waals surface area contributed by atoms with Crippen LogP contribution in [0.15, 0.2) is 29.3 Å². The van der Waals surface area contributed by atoms with E-state index in [0.717, 1.165) is 24.2 Å². The lowest BCUT2D eigenvalue weighted by atomic mass is 9.87. The molecule has 0 unspecified atom stereocenters. The van der Waals surface area contributed by atoms with Crippen LogP contribution in [0.5, 0.6) is 5.75 Å². The summed E-state index contributed by atoms with van der Waals surface area (Å²) in [5, 5.41) is 6.94. The van der Waals surface area contributed by atoms with Crippen LogP contribution in [-0.4, -0.2) is 39.4 Å². The predicted molar refractivity (Wildman–Crippen MR) is 114 cm³/mol. The van der Waals surface area contributed by atoms with Gasteiger partial charge in [0.05, 0.1) is 6.61 Å². The van der Waals surface area contributed by atoms with Crippen molar-refractivity contribution >= 4 is 29.9 Å². The Morgan fingerprint density at radius 2 is 1.80 bits per heavy atom. The minimum atomic E-state index is 0. The van der Waals surface area contributed by atoms with E-state index in [-0.39, 0.29) is 24.0 Å². The zero-order valence-electron chi connectivity index (χ0n) is 15.6. The smallest absolute Gasteiger partial charge is 0.191 e. The van der Waals surface area contributed by atoms with Gasteiger partial charge in [0.2, 0.25) is 0 Å². The van der Waals surface area contributed by atoms with Crippen LogP contribution < -0.4 is 15.4 Å². The summed E-state index contributed by atoms with van der Waals surface area (Å²) in [6.45, 7) is 4.27. The van der Waals surface area contributed by atoms with Crippen molar-refractivity contribution in [2.75, 3.05) is 27.4 Å². The number of methoxy groups -OCH3 is 1. The molecule has 1 aliphatic carbocycles. The molecule has 0 amide bonds. The predicted octanol–water partition coefficient (Wildman–Crippen LogP) is 3.57. The molecular formula is C19H32IN3O2. The van der Waals surface area contributed by atoms with Crippen LogP contribution in [0.3, 0.4) is 0 Å². The maximum atomic E-state index is 5.58. The van der Waals surface area contributed by atoms with Crippen molar-refractivity contribution in [3.05, 3.63) is 29.8 Å². The molecule has 0 radical (unpaired) electrons. The lowest BCUT2D eigenvalue weighted by Gasteiger charge is -2.28. The molecule has 0 aromatic heterocycles. The summed E-state index contributed by atoms with van der Waals surface area (Å²) in [6, 6.07) is 8.68. The minimum absolute atomic E-state index is 0. The Kier molecular flexibility index (Phi) is 10.9. The highest BCUT2D eigenvalue weighted by Crippen LogP contribution is 2.23. The summed E-state index contributed by atoms with van der Waals surface area (Å²) in [5.41, 5.74) is 1.20. The van der Waals surface area contributed by atoms with Crippen LogP contribution in [0.25, 0.3) is 0 Å². The van der Waals surface area contributed by atoms with Gasteiger partial charge in [-0.2, -0.15) is 0 Å². The average molecular weight is 461 g/mol. The molecule has 0 atom stereocenters. The molecule has 5 nitrogen and oxygen atoms in total. The van der Waals surface area contributed by atoms with E-state index in [1.54, 1.807) is 7.11 Å². The monoisotopic (exact) mass is 461 g/mol. The van der Waals surface area contributed by atoms with Crippen molar-refractivity contribution < 1.29 is 9.47 Å². The zero-order chi connectivity index (χ0) is 17.2. The summed E-state index contributed by atoms with van der Waals surface area (Å²) in [4.78, 5) is 4.34. The quantitative estimate of drug-likeness (QED) is 0.282. The van der Waals surface area contributed by atoms with Crippen molar-refractivity contribution in [1.82, 2.24) is 10.6 Å². The lowest BCUT2D eigenvalue weighted by molar-refractivity contribution is 0.146. The molecular weight excluding hydrogens is 429 g/mol. The molecule has 1 saturated carbocycles. The number of nitrogens with zero attached hydrogens (tertiary/aromatic N) is 1. The fraction of sp³-hybridized carbons (Fsp3) is 0.632. The molecule has 1 aliphatic rings. The Morgan fingerprint density at radius 1 is 1.12 bits per heavy atom. The number of hydrogen-bond acceptors (Lipinski definition) is 3. The normalized spacial score (nSPS) is 20.5. The number of rotatable bonds is 7. The Bertz CT molecular complexity index is 500. The van der Waals surface area contributed by atoms with Gasteiger partial charge in [-0.05, 0) is 49.3 Å². The van der Waals surface area contributed by atoms with E-state index in [0.29, 0.717) is 19.3 Å². The van der Waals surface area contributed by atoms with E-state index in [2.05, 4.69) is 34.7 Å². The number of ether oxygens (including phenoxy) is 2. The second kappa shape index (κ2) is 12.4. The van der Waals surface area contributed by atoms with E-state index in [4.69, 9.17) is 9.47 Å². The topological polar surface area (TPSA) is 54.9 Å². The van der Waals surface area contributed by atoms with Crippen LogP contribution in [0.2, 0.25) is 0 Å². The van der Waals surface area contributed by atoms with E-state index >= 15 is 0 Å². The summed E-state index contributed by atoms with van der Waals surface area (Å²) < 4.78 is 10.6. The van der Waals surface area contributed by atoms with E-state index in [9.17, 15) is 0 Å². The van der Waals surface area contributed by atoms with Crippen molar-refractivity contribution in [2.24, 2.45) is 10.9 Å². The van der Waals surface area contributed by atoms with Gasteiger partial charge in [0, 0.05) is 26.7 Å². The first-order valence-corrected chi connectivity index (χ1v) is 8.89. The molecule has 0 heterocycles. The van der Waals surface area contributed by atoms with Gasteiger partial charge in [0.25, 0.3) is 0 Å². The lowest BCUT2D eigenvalue weighted by Crippen LogP contribution is -2.44. The molecule has 0 aliphatic heterocycles. The van der Waals surface area contributed by atoms with Crippen LogP contribution in [0, 0.1) is 5.92 Å². The van der Waals surface area contributed by atoms with Gasteiger partial charge in [-0.1, -0.05) is 19.1 Å². The molecule has 2 rings (SSSR count). The van der Waals surface area contributed by atoms with Crippen molar-refractivity contribution in [2.45, 2.75) is 45.2 Å². The summed E-state index contributed by atoms with van der Waals surface area (Å²) in [6.07, 6.45) is 5.07. The van der Waals surface area contributed by atoms with Gasteiger partial charge in [-0.3, -0.25) is 4.99 Å². The van der Waals surface area contributed by atoms with E-state index < -0.39 is 0 Å². The van der Waals surface area contributed by atoms with Crippen LogP contribution in [0.4, 0.5) is 0 Å². The molecule has 6 heteroatoms.